The third-order valence-electron chi connectivity index (χ3n) is 7.76. The van der Waals surface area contributed by atoms with Crippen molar-refractivity contribution in [1.82, 2.24) is 10.2 Å². The van der Waals surface area contributed by atoms with E-state index in [1.165, 1.54) is 29.2 Å². The molecule has 2 N–H and O–H groups in total. The molecule has 1 aliphatic heterocycles. The number of hydrogen-bond acceptors (Lipinski definition) is 8. The molecular formula is C28H34N4O8S. The molecule has 220 valence electrons. The van der Waals surface area contributed by atoms with Gasteiger partial charge in [0.15, 0.2) is 5.78 Å². The largest absolute Gasteiger partial charge is 0.371 e. The molecule has 1 aliphatic carbocycles. The minimum Gasteiger partial charge on any atom is -0.371 e. The number of nitrogens with one attached hydrogen (secondary N) is 2. The SMILES string of the molecule is CCN(C(=O)C(CC1(C)CCCC1)NC(=O)c1ccc(NS(=O)(=O)c2ccc([N+](=O)[O-])cc2)cc1)C1COCC1=O. The first-order valence-electron chi connectivity index (χ1n) is 13.5. The average molecular weight is 587 g/mol. The third-order valence-corrected chi connectivity index (χ3v) is 9.16. The van der Waals surface area contributed by atoms with Gasteiger partial charge < -0.3 is 15.0 Å². The van der Waals surface area contributed by atoms with E-state index in [1.807, 2.05) is 0 Å². The van der Waals surface area contributed by atoms with E-state index in [1.54, 1.807) is 6.92 Å². The molecule has 13 heteroatoms. The van der Waals surface area contributed by atoms with Crippen LogP contribution in [0.15, 0.2) is 53.4 Å². The van der Waals surface area contributed by atoms with E-state index in [4.69, 9.17) is 4.74 Å². The molecule has 0 spiro atoms. The van der Waals surface area contributed by atoms with Gasteiger partial charge in [-0.3, -0.25) is 29.2 Å². The maximum absolute atomic E-state index is 13.7. The second kappa shape index (κ2) is 12.4. The van der Waals surface area contributed by atoms with E-state index in [0.29, 0.717) is 13.0 Å². The number of ketones is 1. The Morgan fingerprint density at radius 1 is 1.12 bits per heavy atom. The summed E-state index contributed by atoms with van der Waals surface area (Å²) in [6.45, 7) is 4.29. The van der Waals surface area contributed by atoms with Crippen LogP contribution in [0.4, 0.5) is 11.4 Å². The topological polar surface area (TPSA) is 165 Å². The summed E-state index contributed by atoms with van der Waals surface area (Å²) in [5.74, 6) is -0.991. The van der Waals surface area contributed by atoms with Gasteiger partial charge in [-0.05, 0) is 68.0 Å². The van der Waals surface area contributed by atoms with Crippen molar-refractivity contribution in [3.8, 4) is 0 Å². The number of likely N-dealkylation sites (N-methyl/N-ethyl adjacent to an activating group) is 1. The van der Waals surface area contributed by atoms with E-state index in [2.05, 4.69) is 17.0 Å². The number of sulfonamides is 1. The van der Waals surface area contributed by atoms with Gasteiger partial charge in [0.2, 0.25) is 5.91 Å². The molecule has 2 aromatic rings. The van der Waals surface area contributed by atoms with Gasteiger partial charge in [-0.15, -0.1) is 0 Å². The summed E-state index contributed by atoms with van der Waals surface area (Å²) in [5, 5.41) is 13.7. The van der Waals surface area contributed by atoms with E-state index in [-0.39, 0.29) is 52.2 Å². The Bertz CT molecular complexity index is 1400. The van der Waals surface area contributed by atoms with Crippen molar-refractivity contribution in [3.05, 3.63) is 64.2 Å². The number of nitrogens with zero attached hydrogens (tertiary/aromatic N) is 2. The minimum absolute atomic E-state index is 0.0382. The van der Waals surface area contributed by atoms with Crippen molar-refractivity contribution < 1.29 is 32.5 Å². The summed E-state index contributed by atoms with van der Waals surface area (Å²) < 4.78 is 33.1. The highest BCUT2D eigenvalue weighted by molar-refractivity contribution is 7.92. The maximum atomic E-state index is 13.7. The van der Waals surface area contributed by atoms with Crippen LogP contribution < -0.4 is 10.0 Å². The zero-order valence-corrected chi connectivity index (χ0v) is 23.8. The van der Waals surface area contributed by atoms with Gasteiger partial charge >= 0.3 is 0 Å². The average Bonchev–Trinajstić information content (AvgIpc) is 3.57. The number of benzene rings is 2. The van der Waals surface area contributed by atoms with Gasteiger partial charge in [0.05, 0.1) is 16.4 Å². The number of nitro benzene ring substituents is 1. The fraction of sp³-hybridized carbons (Fsp3) is 0.464. The van der Waals surface area contributed by atoms with Crippen LogP contribution in [0.25, 0.3) is 0 Å². The van der Waals surface area contributed by atoms with Crippen LogP contribution in [0.3, 0.4) is 0 Å². The van der Waals surface area contributed by atoms with Gasteiger partial charge in [0, 0.05) is 29.9 Å². The lowest BCUT2D eigenvalue weighted by Gasteiger charge is -2.34. The minimum atomic E-state index is -4.03. The first kappa shape index (κ1) is 30.1. The van der Waals surface area contributed by atoms with Crippen LogP contribution in [0.5, 0.6) is 0 Å². The molecule has 0 radical (unpaired) electrons. The lowest BCUT2D eigenvalue weighted by Crippen LogP contribution is -2.54. The fourth-order valence-electron chi connectivity index (χ4n) is 5.47. The molecule has 2 aliphatic rings. The Labute approximate surface area is 238 Å². The van der Waals surface area contributed by atoms with Gasteiger partial charge in [-0.25, -0.2) is 8.42 Å². The fourth-order valence-corrected chi connectivity index (χ4v) is 6.53. The molecule has 41 heavy (non-hydrogen) atoms. The van der Waals surface area contributed by atoms with Crippen LogP contribution in [-0.4, -0.2) is 67.7 Å². The second-order valence-electron chi connectivity index (χ2n) is 10.8. The van der Waals surface area contributed by atoms with E-state index >= 15 is 0 Å². The molecular weight excluding hydrogens is 552 g/mol. The zero-order chi connectivity index (χ0) is 29.8. The molecule has 2 unspecified atom stereocenters. The quantitative estimate of drug-likeness (QED) is 0.299. The molecule has 4 rings (SSSR count). The Kier molecular flexibility index (Phi) is 9.08. The predicted octanol–water partition coefficient (Wildman–Crippen LogP) is 3.28. The van der Waals surface area contributed by atoms with E-state index in [0.717, 1.165) is 49.9 Å². The van der Waals surface area contributed by atoms with Crippen LogP contribution in [-0.2, 0) is 24.3 Å². The first-order chi connectivity index (χ1) is 19.4. The van der Waals surface area contributed by atoms with Crippen molar-refractivity contribution in [2.75, 3.05) is 24.5 Å². The number of Topliss-reactive ketones (excluding diaryl/α,β-unsaturated/α-hetero) is 1. The highest BCUT2D eigenvalue weighted by atomic mass is 32.2. The van der Waals surface area contributed by atoms with Crippen LogP contribution in [0, 0.1) is 15.5 Å². The van der Waals surface area contributed by atoms with Gasteiger partial charge in [-0.2, -0.15) is 0 Å². The molecule has 1 saturated heterocycles. The van der Waals surface area contributed by atoms with Crippen molar-refractivity contribution in [2.24, 2.45) is 5.41 Å². The number of carbonyl (C=O) groups is 3. The van der Waals surface area contributed by atoms with Crippen molar-refractivity contribution in [3.63, 3.8) is 0 Å². The Hall–Kier alpha value is -3.84. The summed E-state index contributed by atoms with van der Waals surface area (Å²) in [6, 6.07) is 8.65. The second-order valence-corrected chi connectivity index (χ2v) is 12.5. The summed E-state index contributed by atoms with van der Waals surface area (Å²) in [7, 11) is -4.03. The summed E-state index contributed by atoms with van der Waals surface area (Å²) in [5.41, 5.74) is 0.0515. The number of rotatable bonds is 11. The number of ether oxygens (including phenoxy) is 1. The van der Waals surface area contributed by atoms with E-state index < -0.39 is 32.9 Å². The van der Waals surface area contributed by atoms with Crippen molar-refractivity contribution in [2.45, 2.75) is 62.9 Å². The smallest absolute Gasteiger partial charge is 0.269 e. The third kappa shape index (κ3) is 7.09. The Morgan fingerprint density at radius 2 is 1.76 bits per heavy atom. The van der Waals surface area contributed by atoms with Crippen LogP contribution >= 0.6 is 0 Å². The number of amides is 2. The maximum Gasteiger partial charge on any atom is 0.269 e. The molecule has 1 saturated carbocycles. The van der Waals surface area contributed by atoms with Crippen LogP contribution in [0.2, 0.25) is 0 Å². The normalized spacial score (nSPS) is 19.0. The highest BCUT2D eigenvalue weighted by Crippen LogP contribution is 2.41. The molecule has 0 aromatic heterocycles. The molecule has 2 aromatic carbocycles. The lowest BCUT2D eigenvalue weighted by molar-refractivity contribution is -0.384. The van der Waals surface area contributed by atoms with Gasteiger partial charge in [0.25, 0.3) is 21.6 Å². The molecule has 0 bridgehead atoms. The van der Waals surface area contributed by atoms with Gasteiger partial charge in [0.1, 0.15) is 18.7 Å². The standard InChI is InChI=1S/C28H34N4O8S/c1-3-31(24-17-40-18-25(24)33)27(35)23(16-28(2)14-4-5-15-28)29-26(34)19-6-8-20(9-7-19)30-41(38,39)22-12-10-21(11-13-22)32(36)37/h6-13,23-24,30H,3-5,14-18H2,1-2H3,(H,29,34). The molecule has 12 nitrogen and oxygen atoms in total. The van der Waals surface area contributed by atoms with Gasteiger partial charge in [-0.1, -0.05) is 19.8 Å². The molecule has 1 heterocycles. The lowest BCUT2D eigenvalue weighted by atomic mass is 9.81. The van der Waals surface area contributed by atoms with Crippen molar-refractivity contribution >= 4 is 39.0 Å². The highest BCUT2D eigenvalue weighted by Gasteiger charge is 2.40. The summed E-state index contributed by atoms with van der Waals surface area (Å²) >= 11 is 0. The molecule has 2 fully saturated rings. The van der Waals surface area contributed by atoms with Crippen molar-refractivity contribution in [1.29, 1.82) is 0 Å². The number of anilines is 1. The van der Waals surface area contributed by atoms with E-state index in [9.17, 15) is 32.9 Å². The molecule has 2 amide bonds. The predicted molar refractivity (Wildman–Crippen MR) is 150 cm³/mol. The summed E-state index contributed by atoms with van der Waals surface area (Å²) in [6.07, 6.45) is 4.41. The Morgan fingerprint density at radius 3 is 2.29 bits per heavy atom. The first-order valence-corrected chi connectivity index (χ1v) is 15.0. The number of hydrogen-bond donors (Lipinski definition) is 2. The van der Waals surface area contributed by atoms with Crippen LogP contribution in [0.1, 0.15) is 56.3 Å². The number of non-ortho nitro benzene ring substituents is 1. The zero-order valence-electron chi connectivity index (χ0n) is 23.0. The monoisotopic (exact) mass is 586 g/mol. The summed E-state index contributed by atoms with van der Waals surface area (Å²) in [4.78, 5) is 50.8. The number of nitro groups is 1. The Balaban J connectivity index is 1.48. The number of carbonyl (C=O) groups excluding carboxylic acids is 3. The molecule has 2 atom stereocenters.